The van der Waals surface area contributed by atoms with Crippen molar-refractivity contribution >= 4 is 0 Å². The standard InChI is InChI=1S/C15H26N2O/c1-5-15(13-7-9-14(18)10-8-13)17(4)12-6-11-16(2)3/h7-10,15,18H,5-6,11-12H2,1-4H3. The second kappa shape index (κ2) is 7.39. The lowest BCUT2D eigenvalue weighted by Crippen LogP contribution is -2.27. The molecule has 0 radical (unpaired) electrons. The van der Waals surface area contributed by atoms with Gasteiger partial charge in [0.1, 0.15) is 5.75 Å². The molecule has 0 saturated heterocycles. The van der Waals surface area contributed by atoms with Gasteiger partial charge < -0.3 is 10.0 Å². The molecular formula is C15H26N2O. The van der Waals surface area contributed by atoms with E-state index in [1.54, 1.807) is 12.1 Å². The van der Waals surface area contributed by atoms with E-state index < -0.39 is 0 Å². The molecular weight excluding hydrogens is 224 g/mol. The van der Waals surface area contributed by atoms with Crippen LogP contribution in [-0.4, -0.2) is 49.1 Å². The summed E-state index contributed by atoms with van der Waals surface area (Å²) in [5.74, 6) is 0.337. The molecule has 1 unspecified atom stereocenters. The SMILES string of the molecule is CCC(c1ccc(O)cc1)N(C)CCCN(C)C. The van der Waals surface area contributed by atoms with Gasteiger partial charge in [-0.1, -0.05) is 19.1 Å². The van der Waals surface area contributed by atoms with Crippen molar-refractivity contribution in [2.75, 3.05) is 34.2 Å². The summed E-state index contributed by atoms with van der Waals surface area (Å²) < 4.78 is 0. The molecule has 0 aliphatic heterocycles. The summed E-state index contributed by atoms with van der Waals surface area (Å²) in [6.45, 7) is 4.42. The summed E-state index contributed by atoms with van der Waals surface area (Å²) >= 11 is 0. The zero-order valence-corrected chi connectivity index (χ0v) is 12.1. The van der Waals surface area contributed by atoms with Gasteiger partial charge in [0.05, 0.1) is 0 Å². The van der Waals surface area contributed by atoms with E-state index in [9.17, 15) is 5.11 Å². The van der Waals surface area contributed by atoms with E-state index in [1.807, 2.05) is 12.1 Å². The summed E-state index contributed by atoms with van der Waals surface area (Å²) in [5, 5.41) is 9.33. The van der Waals surface area contributed by atoms with Gasteiger partial charge in [-0.25, -0.2) is 0 Å². The van der Waals surface area contributed by atoms with Gasteiger partial charge in [0.2, 0.25) is 0 Å². The van der Waals surface area contributed by atoms with E-state index in [4.69, 9.17) is 0 Å². The van der Waals surface area contributed by atoms with Crippen molar-refractivity contribution in [1.82, 2.24) is 9.80 Å². The van der Waals surface area contributed by atoms with Gasteiger partial charge in [0.15, 0.2) is 0 Å². The first-order valence-corrected chi connectivity index (χ1v) is 6.68. The Labute approximate surface area is 111 Å². The highest BCUT2D eigenvalue weighted by Crippen LogP contribution is 2.24. The molecule has 3 nitrogen and oxygen atoms in total. The molecule has 0 amide bonds. The number of benzene rings is 1. The van der Waals surface area contributed by atoms with Gasteiger partial charge in [0, 0.05) is 6.04 Å². The van der Waals surface area contributed by atoms with Crippen LogP contribution in [0.15, 0.2) is 24.3 Å². The third-order valence-corrected chi connectivity index (χ3v) is 3.31. The lowest BCUT2D eigenvalue weighted by atomic mass is 10.0. The highest BCUT2D eigenvalue weighted by Gasteiger charge is 2.14. The smallest absolute Gasteiger partial charge is 0.115 e. The molecule has 3 heteroatoms. The van der Waals surface area contributed by atoms with Crippen LogP contribution >= 0.6 is 0 Å². The molecule has 1 atom stereocenters. The monoisotopic (exact) mass is 250 g/mol. The summed E-state index contributed by atoms with van der Waals surface area (Å²) in [6, 6.07) is 8.02. The average molecular weight is 250 g/mol. The molecule has 18 heavy (non-hydrogen) atoms. The van der Waals surface area contributed by atoms with E-state index in [-0.39, 0.29) is 0 Å². The highest BCUT2D eigenvalue weighted by atomic mass is 16.3. The second-order valence-electron chi connectivity index (χ2n) is 5.15. The summed E-state index contributed by atoms with van der Waals surface area (Å²) in [7, 11) is 6.39. The first-order chi connectivity index (χ1) is 8.54. The Morgan fingerprint density at radius 1 is 1.06 bits per heavy atom. The Hall–Kier alpha value is -1.06. The molecule has 1 N–H and O–H groups in total. The molecule has 0 aliphatic rings. The van der Waals surface area contributed by atoms with Gasteiger partial charge in [-0.15, -0.1) is 0 Å². The van der Waals surface area contributed by atoms with Crippen molar-refractivity contribution in [1.29, 1.82) is 0 Å². The van der Waals surface area contributed by atoms with Crippen molar-refractivity contribution < 1.29 is 5.11 Å². The van der Waals surface area contributed by atoms with Crippen LogP contribution in [-0.2, 0) is 0 Å². The van der Waals surface area contributed by atoms with Gasteiger partial charge in [-0.2, -0.15) is 0 Å². The third-order valence-electron chi connectivity index (χ3n) is 3.31. The molecule has 102 valence electrons. The van der Waals surface area contributed by atoms with E-state index in [2.05, 4.69) is 37.9 Å². The predicted molar refractivity (Wildman–Crippen MR) is 76.9 cm³/mol. The summed E-state index contributed by atoms with van der Waals surface area (Å²) in [5.41, 5.74) is 1.28. The van der Waals surface area contributed by atoms with Crippen molar-refractivity contribution in [3.63, 3.8) is 0 Å². The predicted octanol–water partition coefficient (Wildman–Crippen LogP) is 2.73. The van der Waals surface area contributed by atoms with Crippen LogP contribution in [0.2, 0.25) is 0 Å². The van der Waals surface area contributed by atoms with Crippen LogP contribution in [0.1, 0.15) is 31.4 Å². The fraction of sp³-hybridized carbons (Fsp3) is 0.600. The topological polar surface area (TPSA) is 26.7 Å². The Kier molecular flexibility index (Phi) is 6.16. The Morgan fingerprint density at radius 2 is 1.67 bits per heavy atom. The van der Waals surface area contributed by atoms with Crippen LogP contribution in [0, 0.1) is 0 Å². The van der Waals surface area contributed by atoms with E-state index in [0.717, 1.165) is 19.5 Å². The van der Waals surface area contributed by atoms with Crippen LogP contribution in [0.25, 0.3) is 0 Å². The molecule has 0 saturated carbocycles. The third kappa shape index (κ3) is 4.67. The Balaban J connectivity index is 2.56. The summed E-state index contributed by atoms with van der Waals surface area (Å²) in [4.78, 5) is 4.62. The summed E-state index contributed by atoms with van der Waals surface area (Å²) in [6.07, 6.45) is 2.27. The van der Waals surface area contributed by atoms with Gasteiger partial charge in [-0.3, -0.25) is 4.90 Å². The number of hydrogen-bond donors (Lipinski definition) is 1. The fourth-order valence-electron chi connectivity index (χ4n) is 2.29. The molecule has 0 spiro atoms. The lowest BCUT2D eigenvalue weighted by molar-refractivity contribution is 0.225. The molecule has 0 heterocycles. The number of nitrogens with zero attached hydrogens (tertiary/aromatic N) is 2. The largest absolute Gasteiger partial charge is 0.508 e. The Bertz CT molecular complexity index is 335. The second-order valence-corrected chi connectivity index (χ2v) is 5.15. The first kappa shape index (κ1) is 15.0. The molecule has 0 aliphatic carbocycles. The molecule has 1 aromatic rings. The minimum Gasteiger partial charge on any atom is -0.508 e. The minimum absolute atomic E-state index is 0.337. The van der Waals surface area contributed by atoms with Crippen molar-refractivity contribution in [2.24, 2.45) is 0 Å². The number of aromatic hydroxyl groups is 1. The lowest BCUT2D eigenvalue weighted by Gasteiger charge is -2.28. The number of phenolic OH excluding ortho intramolecular Hbond substituents is 1. The van der Waals surface area contributed by atoms with Crippen LogP contribution in [0.3, 0.4) is 0 Å². The maximum atomic E-state index is 9.33. The van der Waals surface area contributed by atoms with Crippen molar-refractivity contribution in [2.45, 2.75) is 25.8 Å². The fourth-order valence-corrected chi connectivity index (χ4v) is 2.29. The maximum absolute atomic E-state index is 9.33. The van der Waals surface area contributed by atoms with Crippen LogP contribution < -0.4 is 0 Å². The van der Waals surface area contributed by atoms with Crippen LogP contribution in [0.5, 0.6) is 5.75 Å². The van der Waals surface area contributed by atoms with Gasteiger partial charge >= 0.3 is 0 Å². The van der Waals surface area contributed by atoms with Crippen molar-refractivity contribution in [3.05, 3.63) is 29.8 Å². The van der Waals surface area contributed by atoms with Gasteiger partial charge in [-0.05, 0) is 64.8 Å². The number of rotatable bonds is 7. The minimum atomic E-state index is 0.337. The van der Waals surface area contributed by atoms with E-state index in [0.29, 0.717) is 11.8 Å². The number of phenols is 1. The van der Waals surface area contributed by atoms with Gasteiger partial charge in [0.25, 0.3) is 0 Å². The van der Waals surface area contributed by atoms with Crippen LogP contribution in [0.4, 0.5) is 0 Å². The van der Waals surface area contributed by atoms with E-state index in [1.165, 1.54) is 12.0 Å². The molecule has 0 fully saturated rings. The molecule has 1 rings (SSSR count). The Morgan fingerprint density at radius 3 is 2.17 bits per heavy atom. The maximum Gasteiger partial charge on any atom is 0.115 e. The first-order valence-electron chi connectivity index (χ1n) is 6.68. The molecule has 1 aromatic carbocycles. The number of hydrogen-bond acceptors (Lipinski definition) is 3. The zero-order chi connectivity index (χ0) is 13.5. The quantitative estimate of drug-likeness (QED) is 0.806. The average Bonchev–Trinajstić information content (AvgIpc) is 2.32. The van der Waals surface area contributed by atoms with Crippen molar-refractivity contribution in [3.8, 4) is 5.75 Å². The molecule has 0 bridgehead atoms. The molecule has 0 aromatic heterocycles. The zero-order valence-electron chi connectivity index (χ0n) is 12.1. The van der Waals surface area contributed by atoms with E-state index >= 15 is 0 Å². The highest BCUT2D eigenvalue weighted by molar-refractivity contribution is 5.28. The normalized spacial score (nSPS) is 13.2.